The zero-order valence-electron chi connectivity index (χ0n) is 9.08. The van der Waals surface area contributed by atoms with E-state index in [1.807, 2.05) is 18.2 Å². The minimum Gasteiger partial charge on any atom is -0.345 e. The highest BCUT2D eigenvalue weighted by Gasteiger charge is 2.13. The number of halogens is 1. The van der Waals surface area contributed by atoms with E-state index in [9.17, 15) is 9.59 Å². The lowest BCUT2D eigenvalue weighted by Crippen LogP contribution is -2.40. The number of benzene rings is 1. The third-order valence-electron chi connectivity index (χ3n) is 1.91. The van der Waals surface area contributed by atoms with Crippen LogP contribution in [0.15, 0.2) is 24.3 Å². The Morgan fingerprint density at radius 1 is 1.38 bits per heavy atom. The van der Waals surface area contributed by atoms with Crippen LogP contribution in [0.1, 0.15) is 13.8 Å². The van der Waals surface area contributed by atoms with E-state index in [0.29, 0.717) is 0 Å². The Hall–Kier alpha value is -1.11. The summed E-state index contributed by atoms with van der Waals surface area (Å²) in [6, 6.07) is 6.93. The van der Waals surface area contributed by atoms with Gasteiger partial charge in [-0.25, -0.2) is 0 Å². The second-order valence-corrected chi connectivity index (χ2v) is 4.67. The van der Waals surface area contributed by atoms with Crippen LogP contribution in [-0.2, 0) is 9.59 Å². The summed E-state index contributed by atoms with van der Waals surface area (Å²) in [5, 5.41) is 5.25. The van der Waals surface area contributed by atoms with Crippen LogP contribution < -0.4 is 10.6 Å². The Bertz CT molecular complexity index is 407. The van der Waals surface area contributed by atoms with Crippen molar-refractivity contribution in [2.75, 3.05) is 5.32 Å². The summed E-state index contributed by atoms with van der Waals surface area (Å²) in [6.07, 6.45) is 0. The fourth-order valence-electron chi connectivity index (χ4n) is 1.19. The van der Waals surface area contributed by atoms with E-state index < -0.39 is 6.04 Å². The first kappa shape index (κ1) is 13.0. The van der Waals surface area contributed by atoms with Crippen molar-refractivity contribution in [1.29, 1.82) is 0 Å². The van der Waals surface area contributed by atoms with Crippen LogP contribution in [0.25, 0.3) is 0 Å². The summed E-state index contributed by atoms with van der Waals surface area (Å²) in [5.74, 6) is -0.442. The highest BCUT2D eigenvalue weighted by Crippen LogP contribution is 2.12. The molecule has 0 radical (unpaired) electrons. The van der Waals surface area contributed by atoms with Gasteiger partial charge in [-0.05, 0) is 47.7 Å². The van der Waals surface area contributed by atoms with E-state index >= 15 is 0 Å². The molecule has 0 bridgehead atoms. The van der Waals surface area contributed by atoms with E-state index in [4.69, 9.17) is 0 Å². The maximum Gasteiger partial charge on any atom is 0.246 e. The average molecular weight is 332 g/mol. The molecule has 2 amide bonds. The summed E-state index contributed by atoms with van der Waals surface area (Å²) in [4.78, 5) is 22.4. The summed E-state index contributed by atoms with van der Waals surface area (Å²) in [6.45, 7) is 3.03. The number of hydrogen-bond acceptors (Lipinski definition) is 2. The highest BCUT2D eigenvalue weighted by molar-refractivity contribution is 14.1. The van der Waals surface area contributed by atoms with Gasteiger partial charge >= 0.3 is 0 Å². The molecule has 0 aliphatic carbocycles. The molecule has 0 heterocycles. The Morgan fingerprint density at radius 3 is 2.62 bits per heavy atom. The van der Waals surface area contributed by atoms with Crippen LogP contribution in [0.3, 0.4) is 0 Å². The Morgan fingerprint density at radius 2 is 2.06 bits per heavy atom. The lowest BCUT2D eigenvalue weighted by Gasteiger charge is -2.12. The third kappa shape index (κ3) is 4.18. The predicted octanol–water partition coefficient (Wildman–Crippen LogP) is 1.75. The van der Waals surface area contributed by atoms with Gasteiger partial charge in [0.25, 0.3) is 0 Å². The molecule has 5 heteroatoms. The normalized spacial score (nSPS) is 11.7. The smallest absolute Gasteiger partial charge is 0.246 e. The van der Waals surface area contributed by atoms with Gasteiger partial charge in [0, 0.05) is 16.2 Å². The second-order valence-electron chi connectivity index (χ2n) is 3.42. The van der Waals surface area contributed by atoms with E-state index in [2.05, 4.69) is 33.2 Å². The maximum atomic E-state index is 11.6. The fraction of sp³-hybridized carbons (Fsp3) is 0.273. The van der Waals surface area contributed by atoms with Crippen molar-refractivity contribution in [1.82, 2.24) is 5.32 Å². The number of amides is 2. The van der Waals surface area contributed by atoms with Crippen molar-refractivity contribution >= 4 is 40.1 Å². The molecule has 0 aromatic heterocycles. The second kappa shape index (κ2) is 5.83. The topological polar surface area (TPSA) is 58.2 Å². The Labute approximate surface area is 108 Å². The number of rotatable bonds is 3. The molecule has 86 valence electrons. The van der Waals surface area contributed by atoms with Crippen molar-refractivity contribution < 1.29 is 9.59 Å². The average Bonchev–Trinajstić information content (AvgIpc) is 2.16. The zero-order chi connectivity index (χ0) is 12.1. The minimum absolute atomic E-state index is 0.217. The molecule has 1 unspecified atom stereocenters. The molecule has 1 rings (SSSR count). The molecule has 1 aromatic rings. The van der Waals surface area contributed by atoms with Gasteiger partial charge in [-0.15, -0.1) is 0 Å². The number of hydrogen-bond donors (Lipinski definition) is 2. The van der Waals surface area contributed by atoms with Gasteiger partial charge in [-0.1, -0.05) is 6.07 Å². The SMILES string of the molecule is CC(=O)NC(C)C(=O)Nc1cccc(I)c1. The molecule has 0 fully saturated rings. The van der Waals surface area contributed by atoms with Gasteiger partial charge in [0.05, 0.1) is 0 Å². The first-order chi connectivity index (χ1) is 7.49. The van der Waals surface area contributed by atoms with Crippen molar-refractivity contribution in [3.05, 3.63) is 27.8 Å². The van der Waals surface area contributed by atoms with E-state index in [1.54, 1.807) is 13.0 Å². The van der Waals surface area contributed by atoms with Crippen LogP contribution in [-0.4, -0.2) is 17.9 Å². The summed E-state index contributed by atoms with van der Waals surface area (Å²) < 4.78 is 1.04. The number of nitrogens with one attached hydrogen (secondary N) is 2. The lowest BCUT2D eigenvalue weighted by molar-refractivity contribution is -0.124. The first-order valence-corrected chi connectivity index (χ1v) is 5.90. The van der Waals surface area contributed by atoms with E-state index in [-0.39, 0.29) is 11.8 Å². The van der Waals surface area contributed by atoms with Crippen molar-refractivity contribution in [2.24, 2.45) is 0 Å². The quantitative estimate of drug-likeness (QED) is 0.829. The highest BCUT2D eigenvalue weighted by atomic mass is 127. The Kier molecular flexibility index (Phi) is 4.72. The standard InChI is InChI=1S/C11H13IN2O2/c1-7(13-8(2)15)11(16)14-10-5-3-4-9(12)6-10/h3-7H,1-2H3,(H,13,15)(H,14,16). The first-order valence-electron chi connectivity index (χ1n) is 4.82. The summed E-state index contributed by atoms with van der Waals surface area (Å²) in [7, 11) is 0. The van der Waals surface area contributed by atoms with Gasteiger partial charge < -0.3 is 10.6 Å². The van der Waals surface area contributed by atoms with Gasteiger partial charge in [-0.2, -0.15) is 0 Å². The molecule has 2 N–H and O–H groups in total. The number of carbonyl (C=O) groups is 2. The maximum absolute atomic E-state index is 11.6. The molecule has 0 aliphatic rings. The van der Waals surface area contributed by atoms with Crippen molar-refractivity contribution in [2.45, 2.75) is 19.9 Å². The zero-order valence-corrected chi connectivity index (χ0v) is 11.2. The molecule has 0 aliphatic heterocycles. The van der Waals surface area contributed by atoms with E-state index in [0.717, 1.165) is 9.26 Å². The van der Waals surface area contributed by atoms with Crippen molar-refractivity contribution in [3.8, 4) is 0 Å². The van der Waals surface area contributed by atoms with Crippen LogP contribution in [0.5, 0.6) is 0 Å². The predicted molar refractivity (Wildman–Crippen MR) is 71.1 cm³/mol. The lowest BCUT2D eigenvalue weighted by atomic mass is 10.2. The summed E-state index contributed by atoms with van der Waals surface area (Å²) >= 11 is 2.17. The monoisotopic (exact) mass is 332 g/mol. The minimum atomic E-state index is -0.532. The largest absolute Gasteiger partial charge is 0.345 e. The van der Waals surface area contributed by atoms with Gasteiger partial charge in [-0.3, -0.25) is 9.59 Å². The summed E-state index contributed by atoms with van der Waals surface area (Å²) in [5.41, 5.74) is 0.731. The molecule has 0 saturated heterocycles. The van der Waals surface area contributed by atoms with Crippen LogP contribution in [0.4, 0.5) is 5.69 Å². The van der Waals surface area contributed by atoms with Gasteiger partial charge in [0.2, 0.25) is 11.8 Å². The fourth-order valence-corrected chi connectivity index (χ4v) is 1.73. The number of anilines is 1. The van der Waals surface area contributed by atoms with Gasteiger partial charge in [0.15, 0.2) is 0 Å². The molecule has 1 atom stereocenters. The van der Waals surface area contributed by atoms with Crippen LogP contribution >= 0.6 is 22.6 Å². The number of carbonyl (C=O) groups excluding carboxylic acids is 2. The molecule has 0 spiro atoms. The molecule has 0 saturated carbocycles. The molecule has 16 heavy (non-hydrogen) atoms. The molecular weight excluding hydrogens is 319 g/mol. The van der Waals surface area contributed by atoms with Crippen molar-refractivity contribution in [3.63, 3.8) is 0 Å². The third-order valence-corrected chi connectivity index (χ3v) is 2.58. The molecule has 4 nitrogen and oxygen atoms in total. The van der Waals surface area contributed by atoms with Gasteiger partial charge in [0.1, 0.15) is 6.04 Å². The van der Waals surface area contributed by atoms with Crippen LogP contribution in [0.2, 0.25) is 0 Å². The van der Waals surface area contributed by atoms with E-state index in [1.165, 1.54) is 6.92 Å². The Balaban J connectivity index is 2.60. The van der Waals surface area contributed by atoms with Crippen LogP contribution in [0, 0.1) is 3.57 Å². The molecule has 1 aromatic carbocycles. The molecular formula is C11H13IN2O2.